The van der Waals surface area contributed by atoms with Crippen LogP contribution in [0.4, 0.5) is 0 Å². The number of unbranched alkanes of at least 4 members (excludes halogenated alkanes) is 6. The van der Waals surface area contributed by atoms with Gasteiger partial charge in [-0.15, -0.1) is 0 Å². The van der Waals surface area contributed by atoms with Crippen LogP contribution in [0.2, 0.25) is 0 Å². The Morgan fingerprint density at radius 3 is 1.46 bits per heavy atom. The van der Waals surface area contributed by atoms with Gasteiger partial charge in [0.15, 0.2) is 0 Å². The van der Waals surface area contributed by atoms with Crippen LogP contribution < -0.4 is 0 Å². The molecule has 24 heavy (non-hydrogen) atoms. The van der Waals surface area contributed by atoms with Gasteiger partial charge in [-0.05, 0) is 26.7 Å². The molecule has 0 radical (unpaired) electrons. The molecule has 0 amide bonds. The molecule has 4 heteroatoms. The van der Waals surface area contributed by atoms with E-state index in [1.165, 1.54) is 25.7 Å². The van der Waals surface area contributed by atoms with Crippen LogP contribution in [0.15, 0.2) is 24.3 Å². The third-order valence-corrected chi connectivity index (χ3v) is 3.16. The molecule has 0 aromatic rings. The van der Waals surface area contributed by atoms with Crippen molar-refractivity contribution in [2.45, 2.75) is 79.1 Å². The third kappa shape index (κ3) is 18.5. The van der Waals surface area contributed by atoms with Crippen molar-refractivity contribution in [2.24, 2.45) is 0 Å². The fraction of sp³-hybridized carbons (Fsp3) is 0.700. The molecule has 0 spiro atoms. The van der Waals surface area contributed by atoms with Gasteiger partial charge >= 0.3 is 11.9 Å². The minimum Gasteiger partial charge on any atom is -0.462 e. The Bertz CT molecular complexity index is 372. The van der Waals surface area contributed by atoms with E-state index in [1.54, 1.807) is 13.8 Å². The van der Waals surface area contributed by atoms with Crippen LogP contribution in [0.5, 0.6) is 0 Å². The van der Waals surface area contributed by atoms with Crippen LogP contribution in [0, 0.1) is 0 Å². The zero-order valence-corrected chi connectivity index (χ0v) is 16.1. The molecule has 0 aliphatic heterocycles. The Morgan fingerprint density at radius 1 is 0.667 bits per heavy atom. The summed E-state index contributed by atoms with van der Waals surface area (Å²) >= 11 is 0. The maximum atomic E-state index is 11.0. The maximum Gasteiger partial charge on any atom is 0.333 e. The van der Waals surface area contributed by atoms with Crippen molar-refractivity contribution in [3.8, 4) is 0 Å². The molecule has 0 N–H and O–H groups in total. The molecule has 0 aromatic carbocycles. The SMILES string of the molecule is C=C(C)C(=O)OCCCC.C=C(C)C(=O)OCCCCCCCC. The summed E-state index contributed by atoms with van der Waals surface area (Å²) in [6.07, 6.45) is 9.23. The average molecular weight is 341 g/mol. The molecule has 0 unspecified atom stereocenters. The number of carbonyl (C=O) groups excluding carboxylic acids is 2. The molecule has 0 atom stereocenters. The Morgan fingerprint density at radius 2 is 1.04 bits per heavy atom. The Kier molecular flexibility index (Phi) is 18.3. The lowest BCUT2D eigenvalue weighted by molar-refractivity contribution is -0.139. The number of hydrogen-bond donors (Lipinski definition) is 0. The quantitative estimate of drug-likeness (QED) is 0.272. The maximum absolute atomic E-state index is 11.0. The second-order valence-corrected chi connectivity index (χ2v) is 5.95. The molecule has 0 rings (SSSR count). The number of carbonyl (C=O) groups is 2. The lowest BCUT2D eigenvalue weighted by atomic mass is 10.1. The van der Waals surface area contributed by atoms with E-state index in [4.69, 9.17) is 9.47 Å². The van der Waals surface area contributed by atoms with Crippen LogP contribution in [0.1, 0.15) is 79.1 Å². The van der Waals surface area contributed by atoms with Crippen molar-refractivity contribution < 1.29 is 19.1 Å². The third-order valence-electron chi connectivity index (χ3n) is 3.16. The minimum atomic E-state index is -0.284. The minimum absolute atomic E-state index is 0.265. The van der Waals surface area contributed by atoms with Gasteiger partial charge in [-0.25, -0.2) is 9.59 Å². The number of esters is 2. The first kappa shape index (κ1) is 24.7. The predicted octanol–water partition coefficient (Wildman–Crippen LogP) is 5.37. The second kappa shape index (κ2) is 17.8. The fourth-order valence-electron chi connectivity index (χ4n) is 1.60. The molecular formula is C20H36O4. The normalized spacial score (nSPS) is 9.50. The average Bonchev–Trinajstić information content (AvgIpc) is 2.54. The topological polar surface area (TPSA) is 52.6 Å². The number of ether oxygens (including phenoxy) is 2. The van der Waals surface area contributed by atoms with E-state index >= 15 is 0 Å². The largest absolute Gasteiger partial charge is 0.462 e. The monoisotopic (exact) mass is 340 g/mol. The van der Waals surface area contributed by atoms with Gasteiger partial charge in [0.05, 0.1) is 13.2 Å². The van der Waals surface area contributed by atoms with E-state index in [0.29, 0.717) is 24.4 Å². The van der Waals surface area contributed by atoms with Crippen LogP contribution in [-0.4, -0.2) is 25.2 Å². The van der Waals surface area contributed by atoms with E-state index in [0.717, 1.165) is 25.7 Å². The van der Waals surface area contributed by atoms with Crippen molar-refractivity contribution in [1.82, 2.24) is 0 Å². The van der Waals surface area contributed by atoms with Gasteiger partial charge in [-0.1, -0.05) is 65.5 Å². The smallest absolute Gasteiger partial charge is 0.333 e. The zero-order chi connectivity index (χ0) is 18.8. The lowest BCUT2D eigenvalue weighted by Crippen LogP contribution is -2.05. The van der Waals surface area contributed by atoms with Gasteiger partial charge in [0, 0.05) is 11.1 Å². The Labute approximate surface area is 148 Å². The first-order valence-electron chi connectivity index (χ1n) is 9.02. The number of hydrogen-bond acceptors (Lipinski definition) is 4. The molecular weight excluding hydrogens is 304 g/mol. The fourth-order valence-corrected chi connectivity index (χ4v) is 1.60. The molecule has 0 aliphatic carbocycles. The second-order valence-electron chi connectivity index (χ2n) is 5.95. The van der Waals surface area contributed by atoms with Gasteiger partial charge in [-0.3, -0.25) is 0 Å². The predicted molar refractivity (Wildman–Crippen MR) is 99.8 cm³/mol. The van der Waals surface area contributed by atoms with Crippen molar-refractivity contribution in [2.75, 3.05) is 13.2 Å². The standard InChI is InChI=1S/C12H22O2.C8H14O2/c1-4-5-6-7-8-9-10-14-12(13)11(2)3;1-4-5-6-10-8(9)7(2)3/h2,4-10H2,1,3H3;2,4-6H2,1,3H3. The highest BCUT2D eigenvalue weighted by molar-refractivity contribution is 5.87. The zero-order valence-electron chi connectivity index (χ0n) is 16.1. The molecule has 4 nitrogen and oxygen atoms in total. The highest BCUT2D eigenvalue weighted by Gasteiger charge is 2.01. The van der Waals surface area contributed by atoms with E-state index in [1.807, 2.05) is 0 Å². The van der Waals surface area contributed by atoms with Crippen molar-refractivity contribution in [1.29, 1.82) is 0 Å². The molecule has 0 heterocycles. The van der Waals surface area contributed by atoms with Gasteiger partial charge in [0.1, 0.15) is 0 Å². The molecule has 0 saturated heterocycles. The van der Waals surface area contributed by atoms with Gasteiger partial charge < -0.3 is 9.47 Å². The molecule has 0 aromatic heterocycles. The van der Waals surface area contributed by atoms with Crippen LogP contribution >= 0.6 is 0 Å². The van der Waals surface area contributed by atoms with Crippen molar-refractivity contribution in [3.63, 3.8) is 0 Å². The summed E-state index contributed by atoms with van der Waals surface area (Å²) in [6.45, 7) is 15.6. The summed E-state index contributed by atoms with van der Waals surface area (Å²) in [5, 5.41) is 0. The van der Waals surface area contributed by atoms with Gasteiger partial charge in [0.2, 0.25) is 0 Å². The molecule has 0 aliphatic rings. The van der Waals surface area contributed by atoms with Gasteiger partial charge in [-0.2, -0.15) is 0 Å². The Balaban J connectivity index is 0. The molecule has 0 fully saturated rings. The summed E-state index contributed by atoms with van der Waals surface area (Å²) in [5.74, 6) is -0.549. The van der Waals surface area contributed by atoms with Crippen LogP contribution in [0.3, 0.4) is 0 Å². The highest BCUT2D eigenvalue weighted by atomic mass is 16.5. The van der Waals surface area contributed by atoms with E-state index < -0.39 is 0 Å². The first-order valence-corrected chi connectivity index (χ1v) is 9.02. The summed E-state index contributed by atoms with van der Waals surface area (Å²) in [4.78, 5) is 21.7. The summed E-state index contributed by atoms with van der Waals surface area (Å²) in [6, 6.07) is 0. The lowest BCUT2D eigenvalue weighted by Gasteiger charge is -2.03. The van der Waals surface area contributed by atoms with E-state index in [9.17, 15) is 9.59 Å². The summed E-state index contributed by atoms with van der Waals surface area (Å²) in [5.41, 5.74) is 0.951. The molecule has 0 saturated carbocycles. The van der Waals surface area contributed by atoms with Crippen molar-refractivity contribution in [3.05, 3.63) is 24.3 Å². The van der Waals surface area contributed by atoms with Crippen molar-refractivity contribution >= 4 is 11.9 Å². The highest BCUT2D eigenvalue weighted by Crippen LogP contribution is 2.05. The Hall–Kier alpha value is -1.58. The van der Waals surface area contributed by atoms with E-state index in [-0.39, 0.29) is 11.9 Å². The van der Waals surface area contributed by atoms with Crippen LogP contribution in [-0.2, 0) is 19.1 Å². The number of rotatable bonds is 12. The van der Waals surface area contributed by atoms with Crippen LogP contribution in [0.25, 0.3) is 0 Å². The molecule has 140 valence electrons. The molecule has 0 bridgehead atoms. The summed E-state index contributed by atoms with van der Waals surface area (Å²) in [7, 11) is 0. The first-order chi connectivity index (χ1) is 11.4. The summed E-state index contributed by atoms with van der Waals surface area (Å²) < 4.78 is 9.78. The van der Waals surface area contributed by atoms with E-state index in [2.05, 4.69) is 27.0 Å². The van der Waals surface area contributed by atoms with Gasteiger partial charge in [0.25, 0.3) is 0 Å².